The average Bonchev–Trinajstić information content (AvgIpc) is 3.22. The number of aromatic nitrogens is 5. The first-order valence-corrected chi connectivity index (χ1v) is 7.86. The summed E-state index contributed by atoms with van der Waals surface area (Å²) in [5, 5.41) is 5.23. The summed E-state index contributed by atoms with van der Waals surface area (Å²) in [5.74, 6) is 0. The van der Waals surface area contributed by atoms with Crippen molar-refractivity contribution in [2.24, 2.45) is 17.8 Å². The lowest BCUT2D eigenvalue weighted by Crippen LogP contribution is -2.27. The van der Waals surface area contributed by atoms with Crippen molar-refractivity contribution in [1.29, 1.82) is 0 Å². The van der Waals surface area contributed by atoms with Gasteiger partial charge in [0.15, 0.2) is 7.05 Å². The average molecular weight is 332 g/mol. The van der Waals surface area contributed by atoms with Crippen molar-refractivity contribution in [3.63, 3.8) is 0 Å². The van der Waals surface area contributed by atoms with Crippen molar-refractivity contribution in [2.75, 3.05) is 7.05 Å². The number of rotatable bonds is 3. The number of aryl methyl sites for hydroxylation is 1. The second-order valence-electron chi connectivity index (χ2n) is 5.84. The summed E-state index contributed by atoms with van der Waals surface area (Å²) in [6.45, 7) is 0. The first kappa shape index (κ1) is 15.1. The third-order valence-electron chi connectivity index (χ3n) is 4.17. The molecule has 0 aromatic carbocycles. The molecule has 4 rings (SSSR count). The van der Waals surface area contributed by atoms with E-state index in [4.69, 9.17) is 5.73 Å². The van der Waals surface area contributed by atoms with Gasteiger partial charge >= 0.3 is 0 Å². The quantitative estimate of drug-likeness (QED) is 0.395. The van der Waals surface area contributed by atoms with Gasteiger partial charge < -0.3 is 10.7 Å². The largest absolute Gasteiger partial charge is 0.404 e. The molecule has 0 bridgehead atoms. The molecule has 4 N–H and O–H groups in total. The number of hydrogen-bond acceptors (Lipinski definition) is 4. The third-order valence-corrected chi connectivity index (χ3v) is 4.17. The molecule has 0 spiro atoms. The van der Waals surface area contributed by atoms with Gasteiger partial charge in [0.25, 0.3) is 0 Å². The normalized spacial score (nSPS) is 12.6. The molecule has 0 radical (unpaired) electrons. The Hall–Kier alpha value is -3.48. The minimum Gasteiger partial charge on any atom is -0.404 e. The lowest BCUT2D eigenvalue weighted by atomic mass is 10.1. The van der Waals surface area contributed by atoms with E-state index >= 15 is 0 Å². The van der Waals surface area contributed by atoms with Gasteiger partial charge in [-0.3, -0.25) is 9.98 Å². The van der Waals surface area contributed by atoms with Crippen LogP contribution in [-0.4, -0.2) is 33.3 Å². The molecule has 0 saturated heterocycles. The predicted molar refractivity (Wildman–Crippen MR) is 98.9 cm³/mol. The molecule has 0 unspecified atom stereocenters. The first-order valence-electron chi connectivity index (χ1n) is 7.86. The summed E-state index contributed by atoms with van der Waals surface area (Å²) in [7, 11) is 3.66. The topological polar surface area (TPSA) is 99.6 Å². The summed E-state index contributed by atoms with van der Waals surface area (Å²) in [4.78, 5) is 16.4. The molecule has 124 valence electrons. The third kappa shape index (κ3) is 2.55. The maximum Gasteiger partial charge on any atom is 0.202 e. The van der Waals surface area contributed by atoms with Crippen molar-refractivity contribution < 1.29 is 4.68 Å². The van der Waals surface area contributed by atoms with Gasteiger partial charge in [0.2, 0.25) is 6.20 Å². The maximum absolute atomic E-state index is 5.71. The van der Waals surface area contributed by atoms with Crippen LogP contribution < -0.4 is 10.4 Å². The summed E-state index contributed by atoms with van der Waals surface area (Å²) in [6.07, 6.45) is 10.9. The number of aliphatic imine (C=N–C) groups is 1. The molecule has 4 aromatic rings. The molecule has 25 heavy (non-hydrogen) atoms. The lowest BCUT2D eigenvalue weighted by molar-refractivity contribution is -0.726. The van der Waals surface area contributed by atoms with Crippen LogP contribution in [0.3, 0.4) is 0 Å². The van der Waals surface area contributed by atoms with Gasteiger partial charge in [-0.25, -0.2) is 4.98 Å². The van der Waals surface area contributed by atoms with E-state index < -0.39 is 0 Å². The number of aromatic amines is 2. The Labute approximate surface area is 143 Å². The lowest BCUT2D eigenvalue weighted by Gasteiger charge is -2.01. The molecule has 0 amide bonds. The van der Waals surface area contributed by atoms with E-state index in [2.05, 4.69) is 31.1 Å². The Balaban J connectivity index is 1.92. The molecular formula is C18H18N7+. The standard InChI is InChI=1S/C18H17N7/c1-20-6-12(5-19)16-4-14-15-3-11(13-8-23-25(2)10-13)7-22-18(15)24-17(14)9-21-16/h3-10H,1-2H3,(H3,19,20,21,22,24)/p+1. The van der Waals surface area contributed by atoms with Crippen LogP contribution in [0.2, 0.25) is 0 Å². The number of nitrogens with one attached hydrogen (secondary N) is 2. The van der Waals surface area contributed by atoms with E-state index in [0.717, 1.165) is 44.3 Å². The molecular weight excluding hydrogens is 314 g/mol. The Morgan fingerprint density at radius 3 is 2.80 bits per heavy atom. The summed E-state index contributed by atoms with van der Waals surface area (Å²) in [5.41, 5.74) is 11.2. The van der Waals surface area contributed by atoms with Crippen LogP contribution in [0.4, 0.5) is 0 Å². The highest BCUT2D eigenvalue weighted by Gasteiger charge is 2.12. The van der Waals surface area contributed by atoms with E-state index in [-0.39, 0.29) is 0 Å². The number of nitrogens with two attached hydrogens (primary N) is 1. The highest BCUT2D eigenvalue weighted by molar-refractivity contribution is 6.12. The van der Waals surface area contributed by atoms with E-state index in [1.807, 2.05) is 36.4 Å². The molecule has 0 aliphatic carbocycles. The van der Waals surface area contributed by atoms with Crippen molar-refractivity contribution in [3.05, 3.63) is 48.8 Å². The summed E-state index contributed by atoms with van der Waals surface area (Å²) >= 11 is 0. The number of nitrogens with zero attached hydrogens (tertiary/aromatic N) is 4. The zero-order chi connectivity index (χ0) is 17.4. The van der Waals surface area contributed by atoms with Crippen LogP contribution in [0.25, 0.3) is 38.6 Å². The number of hydrogen-bond donors (Lipinski definition) is 3. The Bertz CT molecular complexity index is 1130. The van der Waals surface area contributed by atoms with E-state index in [9.17, 15) is 0 Å². The molecule has 0 fully saturated rings. The van der Waals surface area contributed by atoms with Crippen LogP contribution in [0.5, 0.6) is 0 Å². The highest BCUT2D eigenvalue weighted by Crippen LogP contribution is 2.29. The molecule has 0 aliphatic heterocycles. The van der Waals surface area contributed by atoms with Gasteiger partial charge in [-0.1, -0.05) is 0 Å². The molecule has 0 aliphatic rings. The minimum atomic E-state index is 0.778. The van der Waals surface area contributed by atoms with Crippen molar-refractivity contribution in [3.8, 4) is 11.1 Å². The second kappa shape index (κ2) is 5.86. The smallest absolute Gasteiger partial charge is 0.202 e. The fourth-order valence-electron chi connectivity index (χ4n) is 2.94. The number of allylic oxidation sites excluding steroid dienone is 1. The molecule has 0 atom stereocenters. The number of fused-ring (bicyclic) bond motifs is 3. The van der Waals surface area contributed by atoms with Crippen molar-refractivity contribution >= 4 is 33.7 Å². The van der Waals surface area contributed by atoms with Gasteiger partial charge in [-0.05, 0) is 12.1 Å². The molecule has 7 heteroatoms. The first-order chi connectivity index (χ1) is 12.2. The fraction of sp³-hybridized carbons (Fsp3) is 0.111. The van der Waals surface area contributed by atoms with Crippen molar-refractivity contribution in [1.82, 2.24) is 20.1 Å². The van der Waals surface area contributed by atoms with E-state index in [0.29, 0.717) is 0 Å². The van der Waals surface area contributed by atoms with Gasteiger partial charge in [-0.2, -0.15) is 5.10 Å². The molecule has 7 nitrogen and oxygen atoms in total. The van der Waals surface area contributed by atoms with Crippen LogP contribution in [0, 0.1) is 0 Å². The van der Waals surface area contributed by atoms with Crippen molar-refractivity contribution in [2.45, 2.75) is 0 Å². The Morgan fingerprint density at radius 2 is 2.08 bits per heavy atom. The zero-order valence-corrected chi connectivity index (χ0v) is 14.0. The van der Waals surface area contributed by atoms with Crippen LogP contribution in [0.15, 0.2) is 48.1 Å². The van der Waals surface area contributed by atoms with Gasteiger partial charge in [0.05, 0.1) is 29.2 Å². The number of H-pyrrole nitrogens is 2. The Morgan fingerprint density at radius 1 is 1.20 bits per heavy atom. The van der Waals surface area contributed by atoms with Crippen LogP contribution in [-0.2, 0) is 7.05 Å². The maximum atomic E-state index is 5.71. The number of pyridine rings is 2. The SMILES string of the molecule is CN=CC(=CN)c1cc2c(cn1)[nH]c1ncc(-c3c[nH][n+](C)c3)cc12. The predicted octanol–water partition coefficient (Wildman–Crippen LogP) is 1.93. The van der Waals surface area contributed by atoms with Gasteiger partial charge in [0.1, 0.15) is 5.65 Å². The molecule has 4 aromatic heterocycles. The van der Waals surface area contributed by atoms with E-state index in [1.54, 1.807) is 19.5 Å². The zero-order valence-electron chi connectivity index (χ0n) is 14.0. The summed E-state index contributed by atoms with van der Waals surface area (Å²) in [6, 6.07) is 4.14. The monoisotopic (exact) mass is 332 g/mol. The van der Waals surface area contributed by atoms with Gasteiger partial charge in [0, 0.05) is 47.6 Å². The van der Waals surface area contributed by atoms with Gasteiger partial charge in [-0.15, -0.1) is 4.68 Å². The fourth-order valence-corrected chi connectivity index (χ4v) is 2.94. The van der Waals surface area contributed by atoms with E-state index in [1.165, 1.54) is 6.20 Å². The molecule has 4 heterocycles. The summed E-state index contributed by atoms with van der Waals surface area (Å²) < 4.78 is 1.90. The van der Waals surface area contributed by atoms with Crippen LogP contribution in [0.1, 0.15) is 5.69 Å². The second-order valence-corrected chi connectivity index (χ2v) is 5.84. The minimum absolute atomic E-state index is 0.778. The Kier molecular flexibility index (Phi) is 3.53. The highest BCUT2D eigenvalue weighted by atomic mass is 15.2. The van der Waals surface area contributed by atoms with Crippen LogP contribution >= 0.6 is 0 Å². The molecule has 0 saturated carbocycles.